The highest BCUT2D eigenvalue weighted by molar-refractivity contribution is 5.90. The van der Waals surface area contributed by atoms with Crippen LogP contribution in [0, 0.1) is 0 Å². The maximum atomic E-state index is 12.2. The van der Waals surface area contributed by atoms with Gasteiger partial charge < -0.3 is 18.9 Å². The summed E-state index contributed by atoms with van der Waals surface area (Å²) in [5.74, 6) is 0.00879. The van der Waals surface area contributed by atoms with Crippen LogP contribution in [0.2, 0.25) is 0 Å². The molecular formula is C22H29N3O4. The van der Waals surface area contributed by atoms with Gasteiger partial charge in [-0.05, 0) is 57.2 Å². The molecule has 2 aromatic heterocycles. The van der Waals surface area contributed by atoms with Crippen molar-refractivity contribution < 1.29 is 19.1 Å². The van der Waals surface area contributed by atoms with E-state index in [2.05, 4.69) is 11.1 Å². The minimum atomic E-state index is -0.474. The van der Waals surface area contributed by atoms with Crippen LogP contribution in [0.15, 0.2) is 30.6 Å². The first-order chi connectivity index (χ1) is 13.7. The summed E-state index contributed by atoms with van der Waals surface area (Å²) in [6.07, 6.45) is 5.17. The molecule has 0 unspecified atom stereocenters. The molecule has 3 heterocycles. The van der Waals surface area contributed by atoms with Gasteiger partial charge in [-0.1, -0.05) is 6.07 Å². The van der Waals surface area contributed by atoms with Gasteiger partial charge in [0.2, 0.25) is 0 Å². The number of aryl methyl sites for hydroxylation is 1. The summed E-state index contributed by atoms with van der Waals surface area (Å²) >= 11 is 0. The molecule has 1 amide bonds. The average Bonchev–Trinajstić information content (AvgIpc) is 3.08. The average molecular weight is 399 g/mol. The van der Waals surface area contributed by atoms with Gasteiger partial charge in [-0.15, -0.1) is 0 Å². The van der Waals surface area contributed by atoms with Crippen molar-refractivity contribution in [3.8, 4) is 11.4 Å². The van der Waals surface area contributed by atoms with Crippen molar-refractivity contribution in [1.82, 2.24) is 14.5 Å². The summed E-state index contributed by atoms with van der Waals surface area (Å²) in [4.78, 5) is 30.3. The largest absolute Gasteiger partial charge is 0.465 e. The number of likely N-dealkylation sites (tertiary alicyclic amines) is 1. The van der Waals surface area contributed by atoms with Gasteiger partial charge >= 0.3 is 12.1 Å². The second kappa shape index (κ2) is 8.27. The van der Waals surface area contributed by atoms with E-state index in [0.717, 1.165) is 24.2 Å². The van der Waals surface area contributed by atoms with Gasteiger partial charge in [-0.2, -0.15) is 0 Å². The molecule has 1 fully saturated rings. The SMILES string of the molecule is COC(=O)c1cc(-c2ccc(C3CCN(C(=O)OC(C)(C)C)CC3)cn2)n(C)c1. The standard InChI is InChI=1S/C22H29N3O4/c1-22(2,3)29-21(27)25-10-8-15(9-11-25)16-6-7-18(23-13-16)19-12-17(14-24(19)4)20(26)28-5/h6-7,12-15H,8-11H2,1-5H3. The van der Waals surface area contributed by atoms with Crippen LogP contribution in [-0.2, 0) is 16.5 Å². The number of nitrogens with zero attached hydrogens (tertiary/aromatic N) is 3. The van der Waals surface area contributed by atoms with Crippen LogP contribution in [0.4, 0.5) is 4.79 Å². The van der Waals surface area contributed by atoms with Gasteiger partial charge in [-0.3, -0.25) is 4.98 Å². The molecule has 1 saturated heterocycles. The Kier molecular flexibility index (Phi) is 5.96. The van der Waals surface area contributed by atoms with E-state index in [4.69, 9.17) is 9.47 Å². The van der Waals surface area contributed by atoms with E-state index in [1.807, 2.05) is 44.6 Å². The van der Waals surface area contributed by atoms with E-state index < -0.39 is 5.60 Å². The van der Waals surface area contributed by atoms with Crippen LogP contribution >= 0.6 is 0 Å². The predicted octanol–water partition coefficient (Wildman–Crippen LogP) is 3.99. The molecule has 0 bridgehead atoms. The minimum absolute atomic E-state index is 0.241. The molecule has 7 heteroatoms. The van der Waals surface area contributed by atoms with Crippen LogP contribution < -0.4 is 0 Å². The number of methoxy groups -OCH3 is 1. The molecule has 1 aliphatic heterocycles. The Hall–Kier alpha value is -2.83. The van der Waals surface area contributed by atoms with Crippen molar-refractivity contribution in [3.05, 3.63) is 41.7 Å². The minimum Gasteiger partial charge on any atom is -0.465 e. The van der Waals surface area contributed by atoms with Crippen molar-refractivity contribution in [2.75, 3.05) is 20.2 Å². The molecule has 0 aliphatic carbocycles. The summed E-state index contributed by atoms with van der Waals surface area (Å²) in [6, 6.07) is 5.85. The second-order valence-corrected chi connectivity index (χ2v) is 8.43. The smallest absolute Gasteiger partial charge is 0.410 e. The fourth-order valence-corrected chi connectivity index (χ4v) is 3.57. The number of hydrogen-bond donors (Lipinski definition) is 0. The van der Waals surface area contributed by atoms with Gasteiger partial charge in [0.25, 0.3) is 0 Å². The highest BCUT2D eigenvalue weighted by Crippen LogP contribution is 2.30. The molecule has 0 aromatic carbocycles. The highest BCUT2D eigenvalue weighted by atomic mass is 16.6. The fourth-order valence-electron chi connectivity index (χ4n) is 3.57. The zero-order valence-corrected chi connectivity index (χ0v) is 17.8. The summed E-state index contributed by atoms with van der Waals surface area (Å²) in [6.45, 7) is 7.01. The Morgan fingerprint density at radius 2 is 1.86 bits per heavy atom. The maximum Gasteiger partial charge on any atom is 0.410 e. The molecule has 7 nitrogen and oxygen atoms in total. The number of carbonyl (C=O) groups is 2. The third-order valence-corrected chi connectivity index (χ3v) is 5.09. The van der Waals surface area contributed by atoms with Crippen molar-refractivity contribution in [2.24, 2.45) is 7.05 Å². The second-order valence-electron chi connectivity index (χ2n) is 8.43. The maximum absolute atomic E-state index is 12.2. The van der Waals surface area contributed by atoms with Crippen LogP contribution in [0.3, 0.4) is 0 Å². The molecule has 0 radical (unpaired) electrons. The Morgan fingerprint density at radius 1 is 1.17 bits per heavy atom. The molecule has 29 heavy (non-hydrogen) atoms. The summed E-state index contributed by atoms with van der Waals surface area (Å²) < 4.78 is 12.1. The third-order valence-electron chi connectivity index (χ3n) is 5.09. The summed E-state index contributed by atoms with van der Waals surface area (Å²) in [5, 5.41) is 0. The number of pyridine rings is 1. The van der Waals surface area contributed by atoms with Crippen LogP contribution in [0.1, 0.15) is 55.5 Å². The molecule has 3 rings (SSSR count). The van der Waals surface area contributed by atoms with E-state index in [1.54, 1.807) is 17.2 Å². The van der Waals surface area contributed by atoms with Gasteiger partial charge in [0.1, 0.15) is 5.60 Å². The third kappa shape index (κ3) is 4.96. The highest BCUT2D eigenvalue weighted by Gasteiger charge is 2.27. The van der Waals surface area contributed by atoms with E-state index in [0.29, 0.717) is 24.6 Å². The molecule has 2 aromatic rings. The topological polar surface area (TPSA) is 73.7 Å². The quantitative estimate of drug-likeness (QED) is 0.730. The molecule has 1 aliphatic rings. The Bertz CT molecular complexity index is 872. The summed E-state index contributed by atoms with van der Waals surface area (Å²) in [5.41, 5.74) is 2.86. The van der Waals surface area contributed by atoms with Gasteiger partial charge in [-0.25, -0.2) is 9.59 Å². The molecule has 156 valence electrons. The first-order valence-corrected chi connectivity index (χ1v) is 9.87. The van der Waals surface area contributed by atoms with Crippen molar-refractivity contribution in [1.29, 1.82) is 0 Å². The molecule has 0 atom stereocenters. The number of ether oxygens (including phenoxy) is 2. The fraction of sp³-hybridized carbons (Fsp3) is 0.500. The summed E-state index contributed by atoms with van der Waals surface area (Å²) in [7, 11) is 3.25. The zero-order valence-electron chi connectivity index (χ0n) is 17.8. The van der Waals surface area contributed by atoms with Crippen LogP contribution in [0.5, 0.6) is 0 Å². The lowest BCUT2D eigenvalue weighted by molar-refractivity contribution is 0.0204. The van der Waals surface area contributed by atoms with Gasteiger partial charge in [0.15, 0.2) is 0 Å². The number of hydrogen-bond acceptors (Lipinski definition) is 5. The van der Waals surface area contributed by atoms with E-state index in [-0.39, 0.29) is 12.1 Å². The lowest BCUT2D eigenvalue weighted by Crippen LogP contribution is -2.41. The van der Waals surface area contributed by atoms with Crippen molar-refractivity contribution in [3.63, 3.8) is 0 Å². The normalized spacial score (nSPS) is 15.3. The number of amides is 1. The van der Waals surface area contributed by atoms with Gasteiger partial charge in [0, 0.05) is 32.5 Å². The van der Waals surface area contributed by atoms with E-state index in [1.165, 1.54) is 12.7 Å². The predicted molar refractivity (Wildman–Crippen MR) is 110 cm³/mol. The number of aromatic nitrogens is 2. The van der Waals surface area contributed by atoms with Crippen LogP contribution in [-0.4, -0.2) is 52.3 Å². The lowest BCUT2D eigenvalue weighted by atomic mass is 9.90. The first-order valence-electron chi connectivity index (χ1n) is 9.87. The number of carbonyl (C=O) groups excluding carboxylic acids is 2. The Morgan fingerprint density at radius 3 is 2.41 bits per heavy atom. The molecule has 0 N–H and O–H groups in total. The van der Waals surface area contributed by atoms with E-state index in [9.17, 15) is 9.59 Å². The number of esters is 1. The monoisotopic (exact) mass is 399 g/mol. The zero-order chi connectivity index (χ0) is 21.2. The number of rotatable bonds is 3. The number of piperidine rings is 1. The first kappa shape index (κ1) is 20.9. The van der Waals surface area contributed by atoms with Crippen LogP contribution in [0.25, 0.3) is 11.4 Å². The van der Waals surface area contributed by atoms with Gasteiger partial charge in [0.05, 0.1) is 24.1 Å². The molecule has 0 spiro atoms. The molecular weight excluding hydrogens is 370 g/mol. The van der Waals surface area contributed by atoms with Crippen molar-refractivity contribution in [2.45, 2.75) is 45.1 Å². The lowest BCUT2D eigenvalue weighted by Gasteiger charge is -2.33. The van der Waals surface area contributed by atoms with E-state index >= 15 is 0 Å². The Balaban J connectivity index is 1.64. The Labute approximate surface area is 171 Å². The van der Waals surface area contributed by atoms with Crippen molar-refractivity contribution >= 4 is 12.1 Å². The molecule has 0 saturated carbocycles.